The fourth-order valence-corrected chi connectivity index (χ4v) is 3.59. The molecule has 32 heavy (non-hydrogen) atoms. The largest absolute Gasteiger partial charge is 0.463 e. The predicted molar refractivity (Wildman–Crippen MR) is 124 cm³/mol. The van der Waals surface area contributed by atoms with Gasteiger partial charge in [0.1, 0.15) is 0 Å². The molecule has 0 fully saturated rings. The number of allylic oxidation sites excluding steroid dienone is 1. The van der Waals surface area contributed by atoms with Crippen LogP contribution in [0.1, 0.15) is 37.5 Å². The Morgan fingerprint density at radius 3 is 2.19 bits per heavy atom. The first-order chi connectivity index (χ1) is 15.5. The lowest BCUT2D eigenvalue weighted by atomic mass is 9.84. The SMILES string of the molecule is CCOC(=O)C1=C(C)NC(c2ccccc2)=C(C(=O)OCC)[C@@H]1C#Cc1cccc(C)c1. The van der Waals surface area contributed by atoms with Gasteiger partial charge in [-0.15, -0.1) is 0 Å². The van der Waals surface area contributed by atoms with Crippen LogP contribution < -0.4 is 5.32 Å². The van der Waals surface area contributed by atoms with E-state index in [4.69, 9.17) is 9.47 Å². The minimum absolute atomic E-state index is 0.208. The molecule has 1 N–H and O–H groups in total. The van der Waals surface area contributed by atoms with Crippen LogP contribution in [0.15, 0.2) is 71.4 Å². The van der Waals surface area contributed by atoms with E-state index in [9.17, 15) is 9.59 Å². The van der Waals surface area contributed by atoms with Crippen LogP contribution in [-0.2, 0) is 19.1 Å². The molecule has 0 aromatic heterocycles. The first-order valence-corrected chi connectivity index (χ1v) is 10.7. The quantitative estimate of drug-likeness (QED) is 0.565. The van der Waals surface area contributed by atoms with Crippen LogP contribution in [0.25, 0.3) is 5.70 Å². The molecule has 5 nitrogen and oxygen atoms in total. The summed E-state index contributed by atoms with van der Waals surface area (Å²) in [5.41, 5.74) is 4.47. The molecule has 0 spiro atoms. The highest BCUT2D eigenvalue weighted by atomic mass is 16.5. The normalized spacial score (nSPS) is 15.4. The highest BCUT2D eigenvalue weighted by Gasteiger charge is 2.37. The molecular weight excluding hydrogens is 402 g/mol. The zero-order valence-corrected chi connectivity index (χ0v) is 18.8. The number of hydrogen-bond donors (Lipinski definition) is 1. The Balaban J connectivity index is 2.22. The number of nitrogens with one attached hydrogen (secondary N) is 1. The van der Waals surface area contributed by atoms with E-state index in [1.807, 2.05) is 61.5 Å². The van der Waals surface area contributed by atoms with Crippen molar-refractivity contribution in [1.29, 1.82) is 0 Å². The lowest BCUT2D eigenvalue weighted by molar-refractivity contribution is -0.139. The second-order valence-electron chi connectivity index (χ2n) is 7.33. The van der Waals surface area contributed by atoms with Crippen molar-refractivity contribution in [2.45, 2.75) is 27.7 Å². The number of esters is 2. The van der Waals surface area contributed by atoms with Crippen molar-refractivity contribution in [2.24, 2.45) is 5.92 Å². The van der Waals surface area contributed by atoms with Gasteiger partial charge >= 0.3 is 11.9 Å². The maximum atomic E-state index is 13.1. The second-order valence-corrected chi connectivity index (χ2v) is 7.33. The van der Waals surface area contributed by atoms with Crippen LogP contribution in [-0.4, -0.2) is 25.2 Å². The number of benzene rings is 2. The summed E-state index contributed by atoms with van der Waals surface area (Å²) in [5, 5.41) is 3.24. The van der Waals surface area contributed by atoms with Crippen molar-refractivity contribution in [3.63, 3.8) is 0 Å². The molecule has 1 heterocycles. The summed E-state index contributed by atoms with van der Waals surface area (Å²) in [5.74, 6) is 4.48. The van der Waals surface area contributed by atoms with Gasteiger partial charge in [-0.25, -0.2) is 9.59 Å². The van der Waals surface area contributed by atoms with Crippen LogP contribution >= 0.6 is 0 Å². The predicted octanol–water partition coefficient (Wildman–Crippen LogP) is 4.38. The van der Waals surface area contributed by atoms with Crippen LogP contribution in [0, 0.1) is 24.7 Å². The van der Waals surface area contributed by atoms with Crippen molar-refractivity contribution >= 4 is 17.6 Å². The Labute approximate surface area is 189 Å². The fourth-order valence-electron chi connectivity index (χ4n) is 3.59. The van der Waals surface area contributed by atoms with Gasteiger partial charge in [0.25, 0.3) is 0 Å². The van der Waals surface area contributed by atoms with Gasteiger partial charge in [-0.3, -0.25) is 0 Å². The molecule has 0 amide bonds. The average Bonchev–Trinajstić information content (AvgIpc) is 2.78. The van der Waals surface area contributed by atoms with E-state index in [1.165, 1.54) is 0 Å². The van der Waals surface area contributed by atoms with E-state index in [1.54, 1.807) is 20.8 Å². The van der Waals surface area contributed by atoms with Crippen LogP contribution in [0.3, 0.4) is 0 Å². The maximum absolute atomic E-state index is 13.1. The Morgan fingerprint density at radius 1 is 0.906 bits per heavy atom. The third kappa shape index (κ3) is 5.09. The minimum Gasteiger partial charge on any atom is -0.463 e. The van der Waals surface area contributed by atoms with Gasteiger partial charge in [0, 0.05) is 11.3 Å². The highest BCUT2D eigenvalue weighted by molar-refractivity contribution is 6.04. The highest BCUT2D eigenvalue weighted by Crippen LogP contribution is 2.35. The molecule has 0 saturated carbocycles. The fraction of sp³-hybridized carbons (Fsp3) is 0.259. The monoisotopic (exact) mass is 429 g/mol. The maximum Gasteiger partial charge on any atom is 0.337 e. The van der Waals surface area contributed by atoms with Crippen LogP contribution in [0.5, 0.6) is 0 Å². The Kier molecular flexibility index (Phi) is 7.51. The van der Waals surface area contributed by atoms with Crippen molar-refractivity contribution in [3.8, 4) is 11.8 Å². The van der Waals surface area contributed by atoms with Gasteiger partial charge in [-0.1, -0.05) is 54.3 Å². The molecule has 2 aromatic carbocycles. The molecular formula is C27H27NO4. The van der Waals surface area contributed by atoms with E-state index in [0.29, 0.717) is 22.5 Å². The summed E-state index contributed by atoms with van der Waals surface area (Å²) in [6.07, 6.45) is 0. The molecule has 0 radical (unpaired) electrons. The summed E-state index contributed by atoms with van der Waals surface area (Å²) in [7, 11) is 0. The molecule has 1 aliphatic rings. The number of aryl methyl sites for hydroxylation is 1. The van der Waals surface area contributed by atoms with E-state index < -0.39 is 17.9 Å². The van der Waals surface area contributed by atoms with Gasteiger partial charge < -0.3 is 14.8 Å². The molecule has 1 atom stereocenters. The molecule has 0 bridgehead atoms. The molecule has 164 valence electrons. The lowest BCUT2D eigenvalue weighted by Crippen LogP contribution is -2.33. The average molecular weight is 430 g/mol. The van der Waals surface area contributed by atoms with E-state index in [0.717, 1.165) is 16.7 Å². The molecule has 1 aliphatic heterocycles. The van der Waals surface area contributed by atoms with Crippen molar-refractivity contribution in [1.82, 2.24) is 5.32 Å². The topological polar surface area (TPSA) is 64.6 Å². The molecule has 0 saturated heterocycles. The summed E-state index contributed by atoms with van der Waals surface area (Å²) in [4.78, 5) is 26.0. The standard InChI is InChI=1S/C27H27NO4/c1-5-31-26(29)23-19(4)28-25(21-13-8-7-9-14-21)24(27(30)32-6-2)22(23)16-15-20-12-10-11-18(3)17-20/h7-14,17,22,28H,5-6H2,1-4H3/t22-/m1/s1. The van der Waals surface area contributed by atoms with Crippen molar-refractivity contribution < 1.29 is 19.1 Å². The zero-order valence-electron chi connectivity index (χ0n) is 18.8. The van der Waals surface area contributed by atoms with Gasteiger partial charge in [0.2, 0.25) is 0 Å². The Bertz CT molecular complexity index is 1130. The van der Waals surface area contributed by atoms with Gasteiger partial charge in [0.05, 0.1) is 36.0 Å². The van der Waals surface area contributed by atoms with E-state index in [2.05, 4.69) is 17.2 Å². The first-order valence-electron chi connectivity index (χ1n) is 10.7. The summed E-state index contributed by atoms with van der Waals surface area (Å²) < 4.78 is 10.7. The lowest BCUT2D eigenvalue weighted by Gasteiger charge is -2.28. The summed E-state index contributed by atoms with van der Waals surface area (Å²) in [6, 6.07) is 17.2. The zero-order chi connectivity index (χ0) is 23.1. The number of hydrogen-bond acceptors (Lipinski definition) is 5. The van der Waals surface area contributed by atoms with Gasteiger partial charge in [-0.2, -0.15) is 0 Å². The third-order valence-electron chi connectivity index (χ3n) is 5.00. The second kappa shape index (κ2) is 10.5. The van der Waals surface area contributed by atoms with Gasteiger partial charge in [0.15, 0.2) is 0 Å². The van der Waals surface area contributed by atoms with E-state index >= 15 is 0 Å². The molecule has 2 aromatic rings. The van der Waals surface area contributed by atoms with E-state index in [-0.39, 0.29) is 13.2 Å². The van der Waals surface area contributed by atoms with Crippen molar-refractivity contribution in [2.75, 3.05) is 13.2 Å². The summed E-state index contributed by atoms with van der Waals surface area (Å²) in [6.45, 7) is 7.70. The summed E-state index contributed by atoms with van der Waals surface area (Å²) >= 11 is 0. The number of rotatable bonds is 5. The number of dihydropyridines is 1. The molecule has 0 aliphatic carbocycles. The smallest absolute Gasteiger partial charge is 0.337 e. The Hall–Kier alpha value is -3.78. The van der Waals surface area contributed by atoms with Crippen molar-refractivity contribution in [3.05, 3.63) is 88.1 Å². The minimum atomic E-state index is -0.801. The van der Waals surface area contributed by atoms with Crippen LogP contribution in [0.4, 0.5) is 0 Å². The molecule has 0 unspecified atom stereocenters. The third-order valence-corrected chi connectivity index (χ3v) is 5.00. The number of carbonyl (C=O) groups is 2. The van der Waals surface area contributed by atoms with Gasteiger partial charge in [-0.05, 0) is 51.0 Å². The molecule has 3 rings (SSSR count). The Morgan fingerprint density at radius 2 is 1.56 bits per heavy atom. The number of carbonyl (C=O) groups excluding carboxylic acids is 2. The number of ether oxygens (including phenoxy) is 2. The first kappa shape index (κ1) is 22.9. The molecule has 5 heteroatoms. The van der Waals surface area contributed by atoms with Crippen LogP contribution in [0.2, 0.25) is 0 Å².